The van der Waals surface area contributed by atoms with E-state index in [4.69, 9.17) is 16.3 Å². The van der Waals surface area contributed by atoms with Gasteiger partial charge in [0, 0.05) is 11.1 Å². The zero-order valence-corrected chi connectivity index (χ0v) is 14.2. The molecule has 1 fully saturated rings. The fourth-order valence-corrected chi connectivity index (χ4v) is 4.25. The van der Waals surface area contributed by atoms with Gasteiger partial charge >= 0.3 is 0 Å². The Bertz CT molecular complexity index is 835. The first kappa shape index (κ1) is 16.7. The van der Waals surface area contributed by atoms with Crippen LogP contribution in [-0.4, -0.2) is 30.8 Å². The van der Waals surface area contributed by atoms with Gasteiger partial charge in [0.1, 0.15) is 5.75 Å². The van der Waals surface area contributed by atoms with Crippen molar-refractivity contribution in [3.05, 3.63) is 47.6 Å². The highest BCUT2D eigenvalue weighted by molar-refractivity contribution is 7.91. The number of amides is 1. The lowest BCUT2D eigenvalue weighted by molar-refractivity contribution is -0.119. The molecule has 0 spiro atoms. The number of anilines is 1. The van der Waals surface area contributed by atoms with E-state index in [2.05, 4.69) is 10.3 Å². The smallest absolute Gasteiger partial charge is 0.228 e. The number of pyridine rings is 1. The number of rotatable bonds is 4. The second-order valence-corrected chi connectivity index (χ2v) is 8.20. The molecule has 0 aliphatic carbocycles. The summed E-state index contributed by atoms with van der Waals surface area (Å²) in [6.45, 7) is 0. The molecule has 2 heterocycles. The standard InChI is InChI=1S/C16H15ClN2O4S/c17-12-1-4-14(5-2-12)23-15-6-3-13(9-18-15)19-16(20)11-7-8-24(21,22)10-11/h1-6,9,11H,7-8,10H2,(H,19,20). The maximum absolute atomic E-state index is 12.1. The fraction of sp³-hybridized carbons (Fsp3) is 0.250. The van der Waals surface area contributed by atoms with Gasteiger partial charge < -0.3 is 10.1 Å². The third-order valence-corrected chi connectivity index (χ3v) is 5.66. The molecule has 1 aromatic heterocycles. The van der Waals surface area contributed by atoms with Crippen molar-refractivity contribution in [2.45, 2.75) is 6.42 Å². The maximum Gasteiger partial charge on any atom is 0.228 e. The predicted octanol–water partition coefficient (Wildman–Crippen LogP) is 2.90. The number of carbonyl (C=O) groups excluding carboxylic acids is 1. The summed E-state index contributed by atoms with van der Waals surface area (Å²) in [5.74, 6) is 0.143. The van der Waals surface area contributed by atoms with E-state index >= 15 is 0 Å². The molecule has 126 valence electrons. The maximum atomic E-state index is 12.1. The summed E-state index contributed by atoms with van der Waals surface area (Å²) in [6, 6.07) is 10.1. The average Bonchev–Trinajstić information content (AvgIpc) is 2.92. The number of ether oxygens (including phenoxy) is 1. The Balaban J connectivity index is 1.60. The highest BCUT2D eigenvalue weighted by Crippen LogP contribution is 2.23. The minimum absolute atomic E-state index is 0.0667. The number of nitrogens with one attached hydrogen (secondary N) is 1. The molecule has 0 saturated carbocycles. The fourth-order valence-electron chi connectivity index (χ4n) is 2.38. The summed E-state index contributed by atoms with van der Waals surface area (Å²) in [5, 5.41) is 3.29. The topological polar surface area (TPSA) is 85.4 Å². The number of nitrogens with zero attached hydrogens (tertiary/aromatic N) is 1. The van der Waals surface area contributed by atoms with Crippen LogP contribution in [0.3, 0.4) is 0 Å². The molecule has 1 N–H and O–H groups in total. The highest BCUT2D eigenvalue weighted by Gasteiger charge is 2.32. The van der Waals surface area contributed by atoms with Crippen molar-refractivity contribution in [1.29, 1.82) is 0 Å². The number of halogens is 1. The van der Waals surface area contributed by atoms with Crippen molar-refractivity contribution in [3.8, 4) is 11.6 Å². The first-order chi connectivity index (χ1) is 11.4. The van der Waals surface area contributed by atoms with Gasteiger partial charge in [0.2, 0.25) is 11.8 Å². The number of carbonyl (C=O) groups is 1. The largest absolute Gasteiger partial charge is 0.439 e. The number of hydrogen-bond acceptors (Lipinski definition) is 5. The van der Waals surface area contributed by atoms with Gasteiger partial charge in [-0.15, -0.1) is 0 Å². The molecule has 0 bridgehead atoms. The van der Waals surface area contributed by atoms with Crippen LogP contribution in [0.2, 0.25) is 5.02 Å². The zero-order valence-electron chi connectivity index (χ0n) is 12.6. The zero-order chi connectivity index (χ0) is 17.2. The molecule has 6 nitrogen and oxygen atoms in total. The van der Waals surface area contributed by atoms with Gasteiger partial charge in [0.05, 0.1) is 29.3 Å². The molecule has 1 aliphatic heterocycles. The molecule has 1 aromatic carbocycles. The Kier molecular flexibility index (Phi) is 4.73. The molecule has 1 amide bonds. The second-order valence-electron chi connectivity index (χ2n) is 5.53. The Hall–Kier alpha value is -2.12. The van der Waals surface area contributed by atoms with E-state index in [1.165, 1.54) is 6.20 Å². The number of hydrogen-bond donors (Lipinski definition) is 1. The van der Waals surface area contributed by atoms with Crippen LogP contribution in [-0.2, 0) is 14.6 Å². The van der Waals surface area contributed by atoms with E-state index in [1.54, 1.807) is 36.4 Å². The van der Waals surface area contributed by atoms with Gasteiger partial charge in [-0.25, -0.2) is 13.4 Å². The molecule has 3 rings (SSSR count). The summed E-state index contributed by atoms with van der Waals surface area (Å²) >= 11 is 5.81. The molecule has 1 aliphatic rings. The molecule has 0 radical (unpaired) electrons. The average molecular weight is 367 g/mol. The van der Waals surface area contributed by atoms with E-state index in [0.717, 1.165) is 0 Å². The van der Waals surface area contributed by atoms with E-state index in [0.29, 0.717) is 28.8 Å². The summed E-state index contributed by atoms with van der Waals surface area (Å²) in [5.41, 5.74) is 0.493. The molecular formula is C16H15ClN2O4S. The molecule has 2 aromatic rings. The van der Waals surface area contributed by atoms with Gasteiger partial charge in [0.15, 0.2) is 9.84 Å². The summed E-state index contributed by atoms with van der Waals surface area (Å²) < 4.78 is 28.4. The molecule has 1 unspecified atom stereocenters. The predicted molar refractivity (Wildman–Crippen MR) is 91.2 cm³/mol. The van der Waals surface area contributed by atoms with Gasteiger partial charge in [-0.3, -0.25) is 4.79 Å². The van der Waals surface area contributed by atoms with Crippen LogP contribution in [0, 0.1) is 5.92 Å². The Labute approximate surface area is 144 Å². The first-order valence-corrected chi connectivity index (χ1v) is 9.52. The summed E-state index contributed by atoms with van der Waals surface area (Å²) in [7, 11) is -3.08. The van der Waals surface area contributed by atoms with Crippen molar-refractivity contribution in [2.75, 3.05) is 16.8 Å². The molecule has 1 atom stereocenters. The Morgan fingerprint density at radius 3 is 2.54 bits per heavy atom. The van der Waals surface area contributed by atoms with Crippen LogP contribution in [0.5, 0.6) is 11.6 Å². The van der Waals surface area contributed by atoms with E-state index in [1.807, 2.05) is 0 Å². The second kappa shape index (κ2) is 6.78. The van der Waals surface area contributed by atoms with Crippen molar-refractivity contribution in [2.24, 2.45) is 5.92 Å². The van der Waals surface area contributed by atoms with E-state index in [-0.39, 0.29) is 17.4 Å². The molecule has 8 heteroatoms. The molecular weight excluding hydrogens is 352 g/mol. The van der Waals surface area contributed by atoms with Gasteiger partial charge in [-0.1, -0.05) is 11.6 Å². The lowest BCUT2D eigenvalue weighted by Gasteiger charge is -2.10. The molecule has 1 saturated heterocycles. The summed E-state index contributed by atoms with van der Waals surface area (Å²) in [6.07, 6.45) is 1.83. The van der Waals surface area contributed by atoms with Crippen LogP contribution in [0.1, 0.15) is 6.42 Å². The quantitative estimate of drug-likeness (QED) is 0.899. The minimum Gasteiger partial charge on any atom is -0.439 e. The lowest BCUT2D eigenvalue weighted by atomic mass is 10.1. The first-order valence-electron chi connectivity index (χ1n) is 7.32. The van der Waals surface area contributed by atoms with Gasteiger partial charge in [-0.05, 0) is 36.8 Å². The van der Waals surface area contributed by atoms with Crippen molar-refractivity contribution >= 4 is 33.0 Å². The van der Waals surface area contributed by atoms with Crippen molar-refractivity contribution in [1.82, 2.24) is 4.98 Å². The monoisotopic (exact) mass is 366 g/mol. The summed E-state index contributed by atoms with van der Waals surface area (Å²) in [4.78, 5) is 16.2. The van der Waals surface area contributed by atoms with E-state index in [9.17, 15) is 13.2 Å². The van der Waals surface area contributed by atoms with Crippen LogP contribution in [0.15, 0.2) is 42.6 Å². The highest BCUT2D eigenvalue weighted by atomic mass is 35.5. The van der Waals surface area contributed by atoms with Crippen molar-refractivity contribution in [3.63, 3.8) is 0 Å². The number of sulfone groups is 1. The van der Waals surface area contributed by atoms with Crippen LogP contribution < -0.4 is 10.1 Å². The third-order valence-electron chi connectivity index (χ3n) is 3.64. The Morgan fingerprint density at radius 1 is 1.21 bits per heavy atom. The normalized spacial score (nSPS) is 19.0. The van der Waals surface area contributed by atoms with Crippen LogP contribution in [0.4, 0.5) is 5.69 Å². The van der Waals surface area contributed by atoms with Crippen LogP contribution >= 0.6 is 11.6 Å². The van der Waals surface area contributed by atoms with Crippen molar-refractivity contribution < 1.29 is 17.9 Å². The van der Waals surface area contributed by atoms with Crippen LogP contribution in [0.25, 0.3) is 0 Å². The Morgan fingerprint density at radius 2 is 1.96 bits per heavy atom. The number of aromatic nitrogens is 1. The third kappa shape index (κ3) is 4.24. The van der Waals surface area contributed by atoms with Gasteiger partial charge in [-0.2, -0.15) is 0 Å². The van der Waals surface area contributed by atoms with Gasteiger partial charge in [0.25, 0.3) is 0 Å². The lowest BCUT2D eigenvalue weighted by Crippen LogP contribution is -2.23. The van der Waals surface area contributed by atoms with E-state index < -0.39 is 15.8 Å². The minimum atomic E-state index is -3.08. The number of benzene rings is 1. The molecule has 24 heavy (non-hydrogen) atoms. The SMILES string of the molecule is O=C(Nc1ccc(Oc2ccc(Cl)cc2)nc1)C1CCS(=O)(=O)C1.